The second kappa shape index (κ2) is 8.95. The van der Waals surface area contributed by atoms with Crippen molar-refractivity contribution in [3.63, 3.8) is 0 Å². The zero-order valence-electron chi connectivity index (χ0n) is 15.1. The third kappa shape index (κ3) is 5.27. The maximum atomic E-state index is 12.9. The molecule has 0 aliphatic heterocycles. The summed E-state index contributed by atoms with van der Waals surface area (Å²) in [6.45, 7) is 0. The van der Waals surface area contributed by atoms with Crippen molar-refractivity contribution < 1.29 is 19.1 Å². The lowest BCUT2D eigenvalue weighted by atomic mass is 10.0. The number of hydrogen-bond acceptors (Lipinski definition) is 2. The fourth-order valence-electron chi connectivity index (χ4n) is 2.93. The Hall–Kier alpha value is -3.47. The van der Waals surface area contributed by atoms with E-state index in [4.69, 9.17) is 0 Å². The number of carboxylic acids is 1. The SMILES string of the molecule is O=C(Cc1ccc(F)cc1)N[C@H](Cc1ccc(-c2ccccc2)cc1)C(=O)O. The number of carbonyl (C=O) groups excluding carboxylic acids is 1. The van der Waals surface area contributed by atoms with Gasteiger partial charge in [0.2, 0.25) is 5.91 Å². The van der Waals surface area contributed by atoms with Crippen LogP contribution in [0.4, 0.5) is 4.39 Å². The van der Waals surface area contributed by atoms with Crippen LogP contribution in [0.2, 0.25) is 0 Å². The first-order valence-corrected chi connectivity index (χ1v) is 8.92. The predicted molar refractivity (Wildman–Crippen MR) is 105 cm³/mol. The molecule has 1 atom stereocenters. The Bertz CT molecular complexity index is 938. The molecule has 28 heavy (non-hydrogen) atoms. The van der Waals surface area contributed by atoms with Crippen LogP contribution in [0.25, 0.3) is 11.1 Å². The van der Waals surface area contributed by atoms with Gasteiger partial charge in [0.15, 0.2) is 0 Å². The first-order valence-electron chi connectivity index (χ1n) is 8.92. The van der Waals surface area contributed by atoms with E-state index in [1.54, 1.807) is 0 Å². The van der Waals surface area contributed by atoms with E-state index < -0.39 is 17.9 Å². The molecule has 0 bridgehead atoms. The fraction of sp³-hybridized carbons (Fsp3) is 0.130. The summed E-state index contributed by atoms with van der Waals surface area (Å²) in [6, 6.07) is 22.0. The number of benzene rings is 3. The molecule has 3 aromatic carbocycles. The van der Waals surface area contributed by atoms with Gasteiger partial charge in [-0.05, 0) is 34.4 Å². The number of carbonyl (C=O) groups is 2. The van der Waals surface area contributed by atoms with Crippen molar-refractivity contribution in [1.82, 2.24) is 5.32 Å². The summed E-state index contributed by atoms with van der Waals surface area (Å²) in [5, 5.41) is 12.0. The molecule has 142 valence electrons. The highest BCUT2D eigenvalue weighted by atomic mass is 19.1. The predicted octanol–water partition coefficient (Wildman–Crippen LogP) is 3.85. The number of carboxylic acid groups (broad SMARTS) is 1. The van der Waals surface area contributed by atoms with E-state index in [1.807, 2.05) is 54.6 Å². The summed E-state index contributed by atoms with van der Waals surface area (Å²) >= 11 is 0. The van der Waals surface area contributed by atoms with Crippen LogP contribution in [0.5, 0.6) is 0 Å². The number of aliphatic carboxylic acids is 1. The van der Waals surface area contributed by atoms with E-state index in [2.05, 4.69) is 5.32 Å². The van der Waals surface area contributed by atoms with Crippen LogP contribution in [0.3, 0.4) is 0 Å². The lowest BCUT2D eigenvalue weighted by Crippen LogP contribution is -2.43. The van der Waals surface area contributed by atoms with E-state index in [0.29, 0.717) is 5.56 Å². The van der Waals surface area contributed by atoms with Crippen LogP contribution in [0.1, 0.15) is 11.1 Å². The highest BCUT2D eigenvalue weighted by Gasteiger charge is 2.20. The van der Waals surface area contributed by atoms with Gasteiger partial charge in [-0.2, -0.15) is 0 Å². The maximum absolute atomic E-state index is 12.9. The third-order valence-electron chi connectivity index (χ3n) is 4.41. The van der Waals surface area contributed by atoms with Gasteiger partial charge >= 0.3 is 5.97 Å². The molecule has 0 fully saturated rings. The Morgan fingerprint density at radius 3 is 2.00 bits per heavy atom. The summed E-state index contributed by atoms with van der Waals surface area (Å²) in [5.74, 6) is -1.90. The minimum Gasteiger partial charge on any atom is -0.480 e. The highest BCUT2D eigenvalue weighted by Crippen LogP contribution is 2.19. The first-order chi connectivity index (χ1) is 13.5. The van der Waals surface area contributed by atoms with Gasteiger partial charge in [0.25, 0.3) is 0 Å². The molecule has 2 N–H and O–H groups in total. The molecule has 0 aliphatic carbocycles. The Morgan fingerprint density at radius 2 is 1.39 bits per heavy atom. The summed E-state index contributed by atoms with van der Waals surface area (Å²) in [5.41, 5.74) is 3.55. The van der Waals surface area contributed by atoms with E-state index in [0.717, 1.165) is 16.7 Å². The molecule has 1 amide bonds. The van der Waals surface area contributed by atoms with Crippen molar-refractivity contribution in [3.8, 4) is 11.1 Å². The van der Waals surface area contributed by atoms with Crippen LogP contribution in [-0.2, 0) is 22.4 Å². The zero-order valence-corrected chi connectivity index (χ0v) is 15.1. The maximum Gasteiger partial charge on any atom is 0.326 e. The van der Waals surface area contributed by atoms with Crippen molar-refractivity contribution in [1.29, 1.82) is 0 Å². The minimum atomic E-state index is -1.10. The van der Waals surface area contributed by atoms with E-state index in [1.165, 1.54) is 24.3 Å². The smallest absolute Gasteiger partial charge is 0.326 e. The van der Waals surface area contributed by atoms with Crippen molar-refractivity contribution in [2.75, 3.05) is 0 Å². The number of hydrogen-bond donors (Lipinski definition) is 2. The second-order valence-electron chi connectivity index (χ2n) is 6.53. The quantitative estimate of drug-likeness (QED) is 0.657. The van der Waals surface area contributed by atoms with Crippen molar-refractivity contribution >= 4 is 11.9 Å². The monoisotopic (exact) mass is 377 g/mol. The molecular formula is C23H20FNO3. The molecule has 0 saturated carbocycles. The van der Waals surface area contributed by atoms with Gasteiger partial charge in [0.05, 0.1) is 6.42 Å². The highest BCUT2D eigenvalue weighted by molar-refractivity contribution is 5.85. The first kappa shape index (κ1) is 19.3. The number of rotatable bonds is 7. The van der Waals surface area contributed by atoms with Crippen LogP contribution in [0.15, 0.2) is 78.9 Å². The lowest BCUT2D eigenvalue weighted by Gasteiger charge is -2.15. The Morgan fingerprint density at radius 1 is 0.821 bits per heavy atom. The molecule has 0 heterocycles. The Labute approximate surface area is 162 Å². The normalized spacial score (nSPS) is 11.6. The van der Waals surface area contributed by atoms with Gasteiger partial charge < -0.3 is 10.4 Å². The van der Waals surface area contributed by atoms with Crippen LogP contribution >= 0.6 is 0 Å². The van der Waals surface area contributed by atoms with Crippen LogP contribution in [0, 0.1) is 5.82 Å². The molecule has 0 aromatic heterocycles. The Kier molecular flexibility index (Phi) is 6.17. The molecule has 5 heteroatoms. The summed E-state index contributed by atoms with van der Waals surface area (Å²) < 4.78 is 12.9. The van der Waals surface area contributed by atoms with Crippen molar-refractivity contribution in [2.24, 2.45) is 0 Å². The van der Waals surface area contributed by atoms with E-state index in [-0.39, 0.29) is 18.7 Å². The molecule has 0 aliphatic rings. The van der Waals surface area contributed by atoms with E-state index >= 15 is 0 Å². The van der Waals surface area contributed by atoms with Gasteiger partial charge in [0, 0.05) is 6.42 Å². The van der Waals surface area contributed by atoms with Gasteiger partial charge in [-0.15, -0.1) is 0 Å². The zero-order chi connectivity index (χ0) is 19.9. The summed E-state index contributed by atoms with van der Waals surface area (Å²) in [4.78, 5) is 23.7. The molecule has 0 radical (unpaired) electrons. The fourth-order valence-corrected chi connectivity index (χ4v) is 2.93. The van der Waals surface area contributed by atoms with E-state index in [9.17, 15) is 19.1 Å². The molecule has 3 aromatic rings. The second-order valence-corrected chi connectivity index (χ2v) is 6.53. The lowest BCUT2D eigenvalue weighted by molar-refractivity contribution is -0.141. The van der Waals surface area contributed by atoms with Gasteiger partial charge in [-0.3, -0.25) is 4.79 Å². The average molecular weight is 377 g/mol. The van der Waals surface area contributed by atoms with Gasteiger partial charge in [-0.1, -0.05) is 66.7 Å². The average Bonchev–Trinajstić information content (AvgIpc) is 2.70. The third-order valence-corrected chi connectivity index (χ3v) is 4.41. The number of amides is 1. The molecule has 0 spiro atoms. The number of halogens is 1. The van der Waals surface area contributed by atoms with Gasteiger partial charge in [-0.25, -0.2) is 9.18 Å². The minimum absolute atomic E-state index is 0.00297. The molecule has 4 nitrogen and oxygen atoms in total. The summed E-state index contributed by atoms with van der Waals surface area (Å²) in [7, 11) is 0. The summed E-state index contributed by atoms with van der Waals surface area (Å²) in [6.07, 6.45) is 0.177. The number of nitrogens with one attached hydrogen (secondary N) is 1. The molecule has 3 rings (SSSR count). The molecular weight excluding hydrogens is 357 g/mol. The van der Waals surface area contributed by atoms with Crippen LogP contribution < -0.4 is 5.32 Å². The molecule has 0 unspecified atom stereocenters. The molecule has 0 saturated heterocycles. The Balaban J connectivity index is 1.63. The largest absolute Gasteiger partial charge is 0.480 e. The van der Waals surface area contributed by atoms with Crippen molar-refractivity contribution in [3.05, 3.63) is 95.8 Å². The standard InChI is InChI=1S/C23H20FNO3/c24-20-12-8-17(9-13-20)15-22(26)25-21(23(27)28)14-16-6-10-19(11-7-16)18-4-2-1-3-5-18/h1-13,21H,14-15H2,(H,25,26)(H,27,28)/t21-/m1/s1. The topological polar surface area (TPSA) is 66.4 Å². The van der Waals surface area contributed by atoms with Gasteiger partial charge in [0.1, 0.15) is 11.9 Å². The van der Waals surface area contributed by atoms with Crippen molar-refractivity contribution in [2.45, 2.75) is 18.9 Å². The van der Waals surface area contributed by atoms with Crippen LogP contribution in [-0.4, -0.2) is 23.0 Å².